The van der Waals surface area contributed by atoms with E-state index in [-0.39, 0.29) is 5.91 Å². The van der Waals surface area contributed by atoms with E-state index in [9.17, 15) is 4.79 Å². The number of fused-ring (bicyclic) bond motifs is 2. The predicted molar refractivity (Wildman–Crippen MR) is 103 cm³/mol. The number of hydrogen-bond donors (Lipinski definition) is 2. The van der Waals surface area contributed by atoms with Gasteiger partial charge in [0.25, 0.3) is 5.91 Å². The standard InChI is InChI=1S/C16H16ClIN6O/c17-10-8-11(21-12-4-7-19-9-20-12)14(23-18)24-13(10)15(25)22-16(24)5-2-1-3-6-16/h4,7-9H,1-3,5-6H2,(H,22,25)(H,19,20,21)/b23-14+. The Balaban J connectivity index is 1.91. The van der Waals surface area contributed by atoms with Crippen molar-refractivity contribution in [2.45, 2.75) is 37.8 Å². The lowest BCUT2D eigenvalue weighted by atomic mass is 9.89. The van der Waals surface area contributed by atoms with Crippen LogP contribution in [-0.4, -0.2) is 20.4 Å². The maximum absolute atomic E-state index is 12.6. The Labute approximate surface area is 163 Å². The van der Waals surface area contributed by atoms with Crippen molar-refractivity contribution < 1.29 is 4.79 Å². The minimum Gasteiger partial charge on any atom is -0.337 e. The molecule has 25 heavy (non-hydrogen) atoms. The van der Waals surface area contributed by atoms with Crippen molar-refractivity contribution in [1.82, 2.24) is 19.9 Å². The number of anilines is 2. The third-order valence-electron chi connectivity index (χ3n) is 4.77. The molecule has 2 aromatic heterocycles. The summed E-state index contributed by atoms with van der Waals surface area (Å²) in [5.74, 6) is 0.504. The average Bonchev–Trinajstić information content (AvgIpc) is 2.89. The van der Waals surface area contributed by atoms with Crippen LogP contribution in [0.5, 0.6) is 0 Å². The Bertz CT molecular complexity index is 891. The van der Waals surface area contributed by atoms with Crippen LogP contribution in [0.1, 0.15) is 42.6 Å². The summed E-state index contributed by atoms with van der Waals surface area (Å²) in [6, 6.07) is 3.50. The first-order chi connectivity index (χ1) is 12.1. The fraction of sp³-hybridized carbons (Fsp3) is 0.375. The second kappa shape index (κ2) is 6.56. The van der Waals surface area contributed by atoms with Crippen molar-refractivity contribution in [3.63, 3.8) is 0 Å². The molecule has 0 unspecified atom stereocenters. The zero-order valence-electron chi connectivity index (χ0n) is 13.3. The Morgan fingerprint density at radius 1 is 1.36 bits per heavy atom. The van der Waals surface area contributed by atoms with Gasteiger partial charge in [-0.2, -0.15) is 3.21 Å². The Morgan fingerprint density at radius 2 is 2.16 bits per heavy atom. The normalized spacial score (nSPS) is 19.0. The number of halogens is 2. The number of amides is 1. The molecule has 0 bridgehead atoms. The lowest BCUT2D eigenvalue weighted by molar-refractivity contribution is 0.0876. The molecule has 2 N–H and O–H groups in total. The summed E-state index contributed by atoms with van der Waals surface area (Å²) in [6.07, 6.45) is 8.19. The van der Waals surface area contributed by atoms with Gasteiger partial charge in [-0.25, -0.2) is 9.97 Å². The molecule has 1 saturated carbocycles. The number of carbonyl (C=O) groups excluding carboxylic acids is 1. The molecule has 130 valence electrons. The molecule has 1 amide bonds. The molecule has 1 aliphatic heterocycles. The van der Waals surface area contributed by atoms with Gasteiger partial charge in [-0.3, -0.25) is 9.36 Å². The van der Waals surface area contributed by atoms with Crippen LogP contribution >= 0.6 is 34.5 Å². The smallest absolute Gasteiger partial charge is 0.271 e. The molecule has 0 atom stereocenters. The highest BCUT2D eigenvalue weighted by Crippen LogP contribution is 2.38. The number of pyridine rings is 1. The highest BCUT2D eigenvalue weighted by molar-refractivity contribution is 14.1. The first-order valence-electron chi connectivity index (χ1n) is 8.11. The van der Waals surface area contributed by atoms with Crippen molar-refractivity contribution in [3.05, 3.63) is 40.9 Å². The molecule has 1 aliphatic carbocycles. The molecular formula is C16H16ClIN6O. The van der Waals surface area contributed by atoms with Gasteiger partial charge >= 0.3 is 0 Å². The minimum absolute atomic E-state index is 0.137. The van der Waals surface area contributed by atoms with Crippen molar-refractivity contribution in [3.8, 4) is 0 Å². The molecule has 7 nitrogen and oxygen atoms in total. The molecule has 0 saturated heterocycles. The summed E-state index contributed by atoms with van der Waals surface area (Å²) < 4.78 is 6.42. The third-order valence-corrected chi connectivity index (χ3v) is 5.51. The van der Waals surface area contributed by atoms with E-state index < -0.39 is 5.66 Å². The fourth-order valence-corrected chi connectivity index (χ4v) is 4.46. The first kappa shape index (κ1) is 16.8. The molecule has 2 aromatic rings. The minimum atomic E-state index is -0.443. The number of nitrogens with one attached hydrogen (secondary N) is 2. The lowest BCUT2D eigenvalue weighted by Crippen LogP contribution is -2.49. The van der Waals surface area contributed by atoms with Gasteiger partial charge in [0.2, 0.25) is 0 Å². The molecule has 0 radical (unpaired) electrons. The van der Waals surface area contributed by atoms with Crippen LogP contribution in [-0.2, 0) is 5.66 Å². The fourth-order valence-electron chi connectivity index (χ4n) is 3.71. The predicted octanol–water partition coefficient (Wildman–Crippen LogP) is 3.29. The largest absolute Gasteiger partial charge is 0.337 e. The van der Waals surface area contributed by atoms with Crippen LogP contribution in [0.15, 0.2) is 27.9 Å². The first-order valence-corrected chi connectivity index (χ1v) is 9.45. The zero-order chi connectivity index (χ0) is 17.4. The van der Waals surface area contributed by atoms with Crippen molar-refractivity contribution >= 4 is 51.9 Å². The van der Waals surface area contributed by atoms with Crippen LogP contribution in [0, 0.1) is 0 Å². The van der Waals surface area contributed by atoms with E-state index in [2.05, 4.69) is 23.8 Å². The number of rotatable bonds is 2. The van der Waals surface area contributed by atoms with E-state index in [0.29, 0.717) is 27.7 Å². The van der Waals surface area contributed by atoms with Gasteiger partial charge in [0.1, 0.15) is 23.5 Å². The number of aromatic nitrogens is 3. The van der Waals surface area contributed by atoms with Crippen LogP contribution in [0.2, 0.25) is 5.02 Å². The topological polar surface area (TPSA) is 84.2 Å². The van der Waals surface area contributed by atoms with Gasteiger partial charge in [-0.15, -0.1) is 0 Å². The molecular weight excluding hydrogens is 455 g/mol. The van der Waals surface area contributed by atoms with Gasteiger partial charge < -0.3 is 10.6 Å². The van der Waals surface area contributed by atoms with E-state index in [4.69, 9.17) is 11.6 Å². The summed E-state index contributed by atoms with van der Waals surface area (Å²) in [5.41, 5.74) is 1.43. The van der Waals surface area contributed by atoms with Crippen LogP contribution in [0.4, 0.5) is 11.5 Å². The monoisotopic (exact) mass is 470 g/mol. The number of carbonyl (C=O) groups is 1. The van der Waals surface area contributed by atoms with Gasteiger partial charge in [-0.1, -0.05) is 18.0 Å². The van der Waals surface area contributed by atoms with Crippen LogP contribution in [0.25, 0.3) is 0 Å². The van der Waals surface area contributed by atoms with E-state index in [1.807, 2.05) is 27.4 Å². The average molecular weight is 471 g/mol. The molecule has 1 spiro atoms. The zero-order valence-corrected chi connectivity index (χ0v) is 16.2. The third kappa shape index (κ3) is 2.80. The molecule has 3 heterocycles. The van der Waals surface area contributed by atoms with Crippen molar-refractivity contribution in [1.29, 1.82) is 0 Å². The Kier molecular flexibility index (Phi) is 4.40. The van der Waals surface area contributed by atoms with E-state index in [1.165, 1.54) is 12.7 Å². The second-order valence-corrected chi connectivity index (χ2v) is 7.15. The van der Waals surface area contributed by atoms with E-state index in [0.717, 1.165) is 25.7 Å². The van der Waals surface area contributed by atoms with Crippen LogP contribution < -0.4 is 16.1 Å². The van der Waals surface area contributed by atoms with Crippen molar-refractivity contribution in [2.75, 3.05) is 5.32 Å². The molecule has 4 rings (SSSR count). The number of nitrogens with zero attached hydrogens (tertiary/aromatic N) is 4. The highest BCUT2D eigenvalue weighted by Gasteiger charge is 2.45. The summed E-state index contributed by atoms with van der Waals surface area (Å²) in [4.78, 5) is 20.7. The van der Waals surface area contributed by atoms with E-state index >= 15 is 0 Å². The SMILES string of the molecule is O=C1NC2(CCCCC2)n2c1c(Cl)cc(Nc1ccncn1)/c2=N\I. The van der Waals surface area contributed by atoms with Crippen LogP contribution in [0.3, 0.4) is 0 Å². The van der Waals surface area contributed by atoms with Gasteiger partial charge in [0.05, 0.1) is 33.6 Å². The molecule has 0 aromatic carbocycles. The number of hydrogen-bond acceptors (Lipinski definition) is 5. The van der Waals surface area contributed by atoms with Gasteiger partial charge in [0.15, 0.2) is 5.49 Å². The van der Waals surface area contributed by atoms with Gasteiger partial charge in [-0.05, 0) is 37.8 Å². The maximum Gasteiger partial charge on any atom is 0.271 e. The Hall–Kier alpha value is -1.68. The quantitative estimate of drug-likeness (QED) is 0.660. The van der Waals surface area contributed by atoms with E-state index in [1.54, 1.807) is 18.3 Å². The summed E-state index contributed by atoms with van der Waals surface area (Å²) in [5, 5.41) is 6.80. The molecule has 2 aliphatic rings. The van der Waals surface area contributed by atoms with Crippen molar-refractivity contribution in [2.24, 2.45) is 3.21 Å². The second-order valence-electron chi connectivity index (χ2n) is 6.26. The highest BCUT2D eigenvalue weighted by atomic mass is 127. The molecule has 9 heteroatoms. The maximum atomic E-state index is 12.6. The summed E-state index contributed by atoms with van der Waals surface area (Å²) in [7, 11) is 0. The molecule has 1 fully saturated rings. The lowest BCUT2D eigenvalue weighted by Gasteiger charge is -2.36. The summed E-state index contributed by atoms with van der Waals surface area (Å²) >= 11 is 8.43. The Morgan fingerprint density at radius 3 is 2.84 bits per heavy atom. The van der Waals surface area contributed by atoms with Gasteiger partial charge in [0, 0.05) is 6.20 Å². The summed E-state index contributed by atoms with van der Waals surface area (Å²) in [6.45, 7) is 0.